The zero-order valence-electron chi connectivity index (χ0n) is 11.5. The van der Waals surface area contributed by atoms with Gasteiger partial charge in [0.1, 0.15) is 5.82 Å². The maximum Gasteiger partial charge on any atom is 0.336 e. The maximum absolute atomic E-state index is 11.2. The van der Waals surface area contributed by atoms with Crippen LogP contribution >= 0.6 is 0 Å². The molecule has 4 heteroatoms. The summed E-state index contributed by atoms with van der Waals surface area (Å²) in [5, 5.41) is 13.0. The van der Waals surface area contributed by atoms with Crippen LogP contribution in [-0.2, 0) is 0 Å². The Morgan fingerprint density at radius 1 is 1.10 bits per heavy atom. The van der Waals surface area contributed by atoms with E-state index in [1.807, 2.05) is 37.3 Å². The predicted molar refractivity (Wildman–Crippen MR) is 83.2 cm³/mol. The highest BCUT2D eigenvalue weighted by Crippen LogP contribution is 2.22. The van der Waals surface area contributed by atoms with Gasteiger partial charge in [0.05, 0.1) is 11.1 Å². The van der Waals surface area contributed by atoms with Crippen LogP contribution in [-0.4, -0.2) is 16.1 Å². The lowest BCUT2D eigenvalue weighted by molar-refractivity contribution is 0.0699. The van der Waals surface area contributed by atoms with Gasteiger partial charge in [-0.05, 0) is 48.9 Å². The third-order valence-electron chi connectivity index (χ3n) is 3.25. The molecule has 2 N–H and O–H groups in total. The van der Waals surface area contributed by atoms with Crippen molar-refractivity contribution in [2.24, 2.45) is 0 Å². The Bertz CT molecular complexity index is 828. The van der Waals surface area contributed by atoms with E-state index in [1.165, 1.54) is 0 Å². The highest BCUT2D eigenvalue weighted by Gasteiger charge is 2.09. The zero-order valence-corrected chi connectivity index (χ0v) is 11.5. The second kappa shape index (κ2) is 5.25. The quantitative estimate of drug-likeness (QED) is 0.760. The Morgan fingerprint density at radius 2 is 1.90 bits per heavy atom. The molecular weight excluding hydrogens is 264 g/mol. The SMILES string of the molecule is Cc1cccc(Nc2ccc3c(C(=O)O)cccc3n2)c1. The highest BCUT2D eigenvalue weighted by molar-refractivity contribution is 6.02. The standard InChI is InChI=1S/C17H14N2O2/c1-11-4-2-5-12(10-11)18-16-9-8-13-14(17(20)21)6-3-7-15(13)19-16/h2-10H,1H3,(H,18,19)(H,20,21). The van der Waals surface area contributed by atoms with Gasteiger partial charge >= 0.3 is 5.97 Å². The van der Waals surface area contributed by atoms with Gasteiger partial charge in [-0.3, -0.25) is 0 Å². The van der Waals surface area contributed by atoms with E-state index in [-0.39, 0.29) is 5.56 Å². The fourth-order valence-electron chi connectivity index (χ4n) is 2.28. The molecule has 3 aromatic rings. The minimum absolute atomic E-state index is 0.266. The number of pyridine rings is 1. The number of carbonyl (C=O) groups is 1. The Hall–Kier alpha value is -2.88. The summed E-state index contributed by atoms with van der Waals surface area (Å²) in [6, 6.07) is 16.7. The Balaban J connectivity index is 2.00. The summed E-state index contributed by atoms with van der Waals surface area (Å²) >= 11 is 0. The molecule has 1 aromatic heterocycles. The first-order valence-electron chi connectivity index (χ1n) is 6.60. The van der Waals surface area contributed by atoms with Crippen LogP contribution in [0.2, 0.25) is 0 Å². The summed E-state index contributed by atoms with van der Waals surface area (Å²) in [6.45, 7) is 2.03. The van der Waals surface area contributed by atoms with E-state index in [9.17, 15) is 9.90 Å². The van der Waals surface area contributed by atoms with Crippen molar-refractivity contribution in [3.63, 3.8) is 0 Å². The number of aryl methyl sites for hydroxylation is 1. The van der Waals surface area contributed by atoms with E-state index in [4.69, 9.17) is 0 Å². The lowest BCUT2D eigenvalue weighted by atomic mass is 10.1. The molecule has 21 heavy (non-hydrogen) atoms. The van der Waals surface area contributed by atoms with Crippen molar-refractivity contribution in [3.05, 3.63) is 65.7 Å². The third-order valence-corrected chi connectivity index (χ3v) is 3.25. The molecule has 104 valence electrons. The fourth-order valence-corrected chi connectivity index (χ4v) is 2.28. The van der Waals surface area contributed by atoms with Gasteiger partial charge in [-0.15, -0.1) is 0 Å². The normalized spacial score (nSPS) is 10.5. The number of aromatic carboxylic acids is 1. The number of carboxylic acids is 1. The molecule has 0 aliphatic carbocycles. The van der Waals surface area contributed by atoms with Gasteiger partial charge in [0.15, 0.2) is 0 Å². The summed E-state index contributed by atoms with van der Waals surface area (Å²) in [4.78, 5) is 15.7. The first-order valence-corrected chi connectivity index (χ1v) is 6.60. The number of anilines is 2. The molecule has 0 aliphatic rings. The Kier molecular flexibility index (Phi) is 3.28. The molecule has 0 unspecified atom stereocenters. The van der Waals surface area contributed by atoms with Crippen LogP contribution in [0, 0.1) is 6.92 Å². The van der Waals surface area contributed by atoms with Crippen molar-refractivity contribution < 1.29 is 9.90 Å². The van der Waals surface area contributed by atoms with Crippen molar-refractivity contribution in [1.82, 2.24) is 4.98 Å². The number of fused-ring (bicyclic) bond motifs is 1. The molecule has 0 spiro atoms. The molecule has 0 radical (unpaired) electrons. The lowest BCUT2D eigenvalue weighted by Crippen LogP contribution is -1.99. The van der Waals surface area contributed by atoms with Gasteiger partial charge in [-0.25, -0.2) is 9.78 Å². The van der Waals surface area contributed by atoms with Crippen molar-refractivity contribution in [2.75, 3.05) is 5.32 Å². The molecule has 1 heterocycles. The summed E-state index contributed by atoms with van der Waals surface area (Å²) < 4.78 is 0. The van der Waals surface area contributed by atoms with Crippen LogP contribution in [0.1, 0.15) is 15.9 Å². The molecule has 0 aliphatic heterocycles. The maximum atomic E-state index is 11.2. The summed E-state index contributed by atoms with van der Waals surface area (Å²) in [5.41, 5.74) is 3.04. The van der Waals surface area contributed by atoms with E-state index in [0.29, 0.717) is 16.7 Å². The van der Waals surface area contributed by atoms with Crippen LogP contribution in [0.4, 0.5) is 11.5 Å². The average Bonchev–Trinajstić information content (AvgIpc) is 2.46. The summed E-state index contributed by atoms with van der Waals surface area (Å²) in [5.74, 6) is -0.252. The predicted octanol–water partition coefficient (Wildman–Crippen LogP) is 3.99. The molecule has 4 nitrogen and oxygen atoms in total. The summed E-state index contributed by atoms with van der Waals surface area (Å²) in [6.07, 6.45) is 0. The summed E-state index contributed by atoms with van der Waals surface area (Å²) in [7, 11) is 0. The Labute approximate surface area is 122 Å². The van der Waals surface area contributed by atoms with Crippen LogP contribution < -0.4 is 5.32 Å². The molecule has 0 atom stereocenters. The van der Waals surface area contributed by atoms with E-state index in [0.717, 1.165) is 11.3 Å². The van der Waals surface area contributed by atoms with E-state index >= 15 is 0 Å². The number of rotatable bonds is 3. The van der Waals surface area contributed by atoms with E-state index in [1.54, 1.807) is 24.3 Å². The van der Waals surface area contributed by atoms with E-state index in [2.05, 4.69) is 10.3 Å². The lowest BCUT2D eigenvalue weighted by Gasteiger charge is -2.08. The topological polar surface area (TPSA) is 62.2 Å². The molecule has 0 amide bonds. The van der Waals surface area contributed by atoms with Crippen LogP contribution in [0.25, 0.3) is 10.9 Å². The van der Waals surface area contributed by atoms with Gasteiger partial charge < -0.3 is 10.4 Å². The molecule has 0 bridgehead atoms. The van der Waals surface area contributed by atoms with Crippen molar-refractivity contribution >= 4 is 28.4 Å². The van der Waals surface area contributed by atoms with Crippen molar-refractivity contribution in [2.45, 2.75) is 6.92 Å². The number of benzene rings is 2. The minimum Gasteiger partial charge on any atom is -0.478 e. The Morgan fingerprint density at radius 3 is 2.67 bits per heavy atom. The zero-order chi connectivity index (χ0) is 14.8. The van der Waals surface area contributed by atoms with Gasteiger partial charge in [0, 0.05) is 11.1 Å². The first-order chi connectivity index (χ1) is 10.1. The van der Waals surface area contributed by atoms with Crippen molar-refractivity contribution in [3.8, 4) is 0 Å². The minimum atomic E-state index is -0.943. The van der Waals surface area contributed by atoms with Gasteiger partial charge in [0.2, 0.25) is 0 Å². The average molecular weight is 278 g/mol. The van der Waals surface area contributed by atoms with Crippen LogP contribution in [0.3, 0.4) is 0 Å². The van der Waals surface area contributed by atoms with Crippen molar-refractivity contribution in [1.29, 1.82) is 0 Å². The number of hydrogen-bond donors (Lipinski definition) is 2. The number of carboxylic acid groups (broad SMARTS) is 1. The van der Waals surface area contributed by atoms with Gasteiger partial charge in [0.25, 0.3) is 0 Å². The second-order valence-electron chi connectivity index (χ2n) is 4.87. The van der Waals surface area contributed by atoms with Crippen LogP contribution in [0.5, 0.6) is 0 Å². The van der Waals surface area contributed by atoms with E-state index < -0.39 is 5.97 Å². The molecule has 0 saturated carbocycles. The molecule has 0 saturated heterocycles. The molecule has 3 rings (SSSR count). The first kappa shape index (κ1) is 13.1. The third kappa shape index (κ3) is 2.69. The number of hydrogen-bond acceptors (Lipinski definition) is 3. The monoisotopic (exact) mass is 278 g/mol. The highest BCUT2D eigenvalue weighted by atomic mass is 16.4. The number of aromatic nitrogens is 1. The number of nitrogens with one attached hydrogen (secondary N) is 1. The fraction of sp³-hybridized carbons (Fsp3) is 0.0588. The molecule has 0 fully saturated rings. The smallest absolute Gasteiger partial charge is 0.336 e. The largest absolute Gasteiger partial charge is 0.478 e. The van der Waals surface area contributed by atoms with Crippen LogP contribution in [0.15, 0.2) is 54.6 Å². The number of nitrogens with zero attached hydrogens (tertiary/aromatic N) is 1. The molecular formula is C17H14N2O2. The molecule has 2 aromatic carbocycles. The van der Waals surface area contributed by atoms with Gasteiger partial charge in [-0.2, -0.15) is 0 Å². The second-order valence-corrected chi connectivity index (χ2v) is 4.87. The van der Waals surface area contributed by atoms with Gasteiger partial charge in [-0.1, -0.05) is 18.2 Å².